The van der Waals surface area contributed by atoms with Crippen molar-refractivity contribution in [1.82, 2.24) is 9.55 Å². The molecule has 1 heterocycles. The van der Waals surface area contributed by atoms with E-state index in [0.717, 1.165) is 5.52 Å². The average molecular weight is 457 g/mol. The Balaban J connectivity index is 1.91. The fourth-order valence-electron chi connectivity index (χ4n) is 3.20. The summed E-state index contributed by atoms with van der Waals surface area (Å²) < 4.78 is 16.2. The van der Waals surface area contributed by atoms with Crippen LogP contribution in [-0.4, -0.2) is 9.55 Å². The Labute approximate surface area is 187 Å². The van der Waals surface area contributed by atoms with Gasteiger partial charge >= 0.3 is 0 Å². The maximum Gasteiger partial charge on any atom is 0.152 e. The lowest BCUT2D eigenvalue weighted by molar-refractivity contribution is 0.601. The van der Waals surface area contributed by atoms with E-state index in [0.29, 0.717) is 37.5 Å². The van der Waals surface area contributed by atoms with Gasteiger partial charge < -0.3 is 4.57 Å². The number of imidazole rings is 1. The highest BCUT2D eigenvalue weighted by atomic mass is 35.5. The highest BCUT2D eigenvalue weighted by Gasteiger charge is 2.18. The molecule has 0 saturated carbocycles. The van der Waals surface area contributed by atoms with E-state index < -0.39 is 5.82 Å². The van der Waals surface area contributed by atoms with E-state index in [4.69, 9.17) is 34.8 Å². The van der Waals surface area contributed by atoms with Crippen LogP contribution >= 0.6 is 34.8 Å². The molecule has 0 atom stereocenters. The monoisotopic (exact) mass is 455 g/mol. The molecule has 3 nitrogen and oxygen atoms in total. The van der Waals surface area contributed by atoms with Gasteiger partial charge in [-0.05, 0) is 48.0 Å². The van der Waals surface area contributed by atoms with Crippen LogP contribution in [0, 0.1) is 17.1 Å². The molecule has 4 rings (SSSR count). The van der Waals surface area contributed by atoms with Crippen LogP contribution in [0.3, 0.4) is 0 Å². The highest BCUT2D eigenvalue weighted by molar-refractivity contribution is 6.35. The van der Waals surface area contributed by atoms with Crippen LogP contribution in [0.15, 0.2) is 60.7 Å². The molecule has 0 aliphatic rings. The Morgan fingerprint density at radius 3 is 2.57 bits per heavy atom. The van der Waals surface area contributed by atoms with Crippen LogP contribution in [0.25, 0.3) is 22.7 Å². The van der Waals surface area contributed by atoms with E-state index in [1.165, 1.54) is 6.07 Å². The summed E-state index contributed by atoms with van der Waals surface area (Å²) in [5.74, 6) is -0.0292. The van der Waals surface area contributed by atoms with E-state index in [-0.39, 0.29) is 12.1 Å². The molecule has 0 saturated heterocycles. The van der Waals surface area contributed by atoms with Gasteiger partial charge in [0.2, 0.25) is 0 Å². The zero-order valence-corrected chi connectivity index (χ0v) is 17.7. The van der Waals surface area contributed by atoms with Gasteiger partial charge in [-0.1, -0.05) is 59.1 Å². The van der Waals surface area contributed by atoms with Gasteiger partial charge in [0.05, 0.1) is 23.2 Å². The van der Waals surface area contributed by atoms with Crippen LogP contribution in [0.5, 0.6) is 0 Å². The molecule has 0 spiro atoms. The van der Waals surface area contributed by atoms with Crippen molar-refractivity contribution < 1.29 is 4.39 Å². The Kier molecular flexibility index (Phi) is 5.78. The molecular weight excluding hydrogens is 444 g/mol. The Bertz CT molecular complexity index is 1320. The van der Waals surface area contributed by atoms with Gasteiger partial charge in [-0.3, -0.25) is 0 Å². The second-order valence-electron chi connectivity index (χ2n) is 6.55. The standard InChI is InChI=1S/C23H13Cl3FN3/c24-16-9-8-14(19(26)11-16)10-15(12-28)23-29-21-6-1-2-7-22(21)30(23)13-17-18(25)4-3-5-20(17)27/h1-11H,13H2/b15-10+. The number of benzene rings is 3. The lowest BCUT2D eigenvalue weighted by atomic mass is 10.1. The van der Waals surface area contributed by atoms with Crippen molar-refractivity contribution in [3.8, 4) is 6.07 Å². The molecule has 1 aromatic heterocycles. The molecule has 0 aliphatic heterocycles. The first kappa shape index (κ1) is 20.4. The number of hydrogen-bond donors (Lipinski definition) is 0. The third-order valence-electron chi connectivity index (χ3n) is 4.66. The van der Waals surface area contributed by atoms with Gasteiger partial charge in [0, 0.05) is 20.6 Å². The topological polar surface area (TPSA) is 41.6 Å². The molecule has 4 aromatic rings. The third-order valence-corrected chi connectivity index (χ3v) is 5.57. The second kappa shape index (κ2) is 8.49. The second-order valence-corrected chi connectivity index (χ2v) is 7.80. The minimum Gasteiger partial charge on any atom is -0.319 e. The Morgan fingerprint density at radius 2 is 1.83 bits per heavy atom. The van der Waals surface area contributed by atoms with Gasteiger partial charge in [-0.15, -0.1) is 0 Å². The lowest BCUT2D eigenvalue weighted by Gasteiger charge is -2.11. The first-order valence-corrected chi connectivity index (χ1v) is 10.1. The molecule has 0 fully saturated rings. The summed E-state index contributed by atoms with van der Waals surface area (Å²) >= 11 is 18.5. The third kappa shape index (κ3) is 3.93. The van der Waals surface area contributed by atoms with Gasteiger partial charge in [0.15, 0.2) is 5.82 Å². The van der Waals surface area contributed by atoms with Gasteiger partial charge in [0.1, 0.15) is 11.9 Å². The zero-order valence-electron chi connectivity index (χ0n) is 15.4. The molecule has 0 aliphatic carbocycles. The van der Waals surface area contributed by atoms with Crippen LogP contribution in [-0.2, 0) is 6.54 Å². The molecule has 0 bridgehead atoms. The predicted molar refractivity (Wildman–Crippen MR) is 120 cm³/mol. The van der Waals surface area contributed by atoms with Crippen LogP contribution in [0.2, 0.25) is 15.1 Å². The predicted octanol–water partition coefficient (Wildman–Crippen LogP) is 7.25. The van der Waals surface area contributed by atoms with E-state index in [2.05, 4.69) is 11.1 Å². The normalized spacial score (nSPS) is 11.6. The van der Waals surface area contributed by atoms with Crippen molar-refractivity contribution >= 4 is 57.5 Å². The molecule has 7 heteroatoms. The molecule has 0 radical (unpaired) electrons. The summed E-state index contributed by atoms with van der Waals surface area (Å²) in [5.41, 5.74) is 2.67. The number of rotatable bonds is 4. The molecule has 0 unspecified atom stereocenters. The van der Waals surface area contributed by atoms with E-state index in [1.54, 1.807) is 41.0 Å². The number of aromatic nitrogens is 2. The minimum atomic E-state index is -0.422. The van der Waals surface area contributed by atoms with Gasteiger partial charge in [0.25, 0.3) is 0 Å². The fourth-order valence-corrected chi connectivity index (χ4v) is 3.89. The number of fused-ring (bicyclic) bond motifs is 1. The smallest absolute Gasteiger partial charge is 0.152 e. The first-order chi connectivity index (χ1) is 14.5. The average Bonchev–Trinajstić information content (AvgIpc) is 3.08. The Hall–Kier alpha value is -2.84. The van der Waals surface area contributed by atoms with Crippen molar-refractivity contribution in [3.63, 3.8) is 0 Å². The summed E-state index contributed by atoms with van der Waals surface area (Å²) in [6.45, 7) is 0.120. The maximum atomic E-state index is 14.5. The zero-order chi connectivity index (χ0) is 21.3. The first-order valence-electron chi connectivity index (χ1n) is 8.93. The van der Waals surface area contributed by atoms with Gasteiger partial charge in [-0.2, -0.15) is 5.26 Å². The molecule has 30 heavy (non-hydrogen) atoms. The largest absolute Gasteiger partial charge is 0.319 e. The molecule has 3 aromatic carbocycles. The van der Waals surface area contributed by atoms with E-state index in [1.807, 2.05) is 24.3 Å². The van der Waals surface area contributed by atoms with Gasteiger partial charge in [-0.25, -0.2) is 9.37 Å². The SMILES string of the molecule is N#C/C(=C\c1ccc(Cl)cc1Cl)c1nc2ccccc2n1Cc1c(F)cccc1Cl. The van der Waals surface area contributed by atoms with Crippen molar-refractivity contribution in [2.24, 2.45) is 0 Å². The van der Waals surface area contributed by atoms with Crippen molar-refractivity contribution in [3.05, 3.63) is 98.5 Å². The quantitative estimate of drug-likeness (QED) is 0.303. The number of hydrogen-bond acceptors (Lipinski definition) is 2. The van der Waals surface area contributed by atoms with E-state index >= 15 is 0 Å². The number of allylic oxidation sites excluding steroid dienone is 1. The number of nitriles is 1. The number of nitrogens with zero attached hydrogens (tertiary/aromatic N) is 3. The van der Waals surface area contributed by atoms with Crippen LogP contribution < -0.4 is 0 Å². The van der Waals surface area contributed by atoms with Crippen LogP contribution in [0.1, 0.15) is 17.0 Å². The molecule has 0 amide bonds. The maximum absolute atomic E-state index is 14.5. The summed E-state index contributed by atoms with van der Waals surface area (Å²) in [6, 6.07) is 19.2. The summed E-state index contributed by atoms with van der Waals surface area (Å²) in [6.07, 6.45) is 1.64. The number of para-hydroxylation sites is 2. The highest BCUT2D eigenvalue weighted by Crippen LogP contribution is 2.29. The number of halogens is 4. The summed E-state index contributed by atoms with van der Waals surface area (Å²) in [5, 5.41) is 11.1. The molecular formula is C23H13Cl3FN3. The fraction of sp³-hybridized carbons (Fsp3) is 0.0435. The molecule has 148 valence electrons. The summed E-state index contributed by atoms with van der Waals surface area (Å²) in [7, 11) is 0. The van der Waals surface area contributed by atoms with Crippen LogP contribution in [0.4, 0.5) is 4.39 Å². The Morgan fingerprint density at radius 1 is 1.03 bits per heavy atom. The molecule has 0 N–H and O–H groups in total. The van der Waals surface area contributed by atoms with Crippen molar-refractivity contribution in [1.29, 1.82) is 5.26 Å². The minimum absolute atomic E-state index is 0.120. The van der Waals surface area contributed by atoms with E-state index in [9.17, 15) is 9.65 Å². The van der Waals surface area contributed by atoms with Crippen molar-refractivity contribution in [2.75, 3.05) is 0 Å². The summed E-state index contributed by atoms with van der Waals surface area (Å²) in [4.78, 5) is 4.62. The lowest BCUT2D eigenvalue weighted by Crippen LogP contribution is -2.07. The van der Waals surface area contributed by atoms with Crippen molar-refractivity contribution in [2.45, 2.75) is 6.54 Å².